The summed E-state index contributed by atoms with van der Waals surface area (Å²) in [6.45, 7) is 2.80. The summed E-state index contributed by atoms with van der Waals surface area (Å²) in [4.78, 5) is 29.5. The van der Waals surface area contributed by atoms with Crippen molar-refractivity contribution in [2.75, 3.05) is 26.2 Å². The summed E-state index contributed by atoms with van der Waals surface area (Å²) >= 11 is 0. The molecule has 0 spiro atoms. The molecule has 142 valence electrons. The molecule has 3 aliphatic rings. The molecule has 1 saturated heterocycles. The fourth-order valence-corrected chi connectivity index (χ4v) is 4.59. The molecule has 0 unspecified atom stereocenters. The lowest BCUT2D eigenvalue weighted by molar-refractivity contribution is -0.138. The Hall–Kier alpha value is -1.85. The van der Waals surface area contributed by atoms with Crippen molar-refractivity contribution < 1.29 is 9.59 Å². The van der Waals surface area contributed by atoms with Gasteiger partial charge in [-0.15, -0.1) is 0 Å². The number of aromatic nitrogens is 2. The van der Waals surface area contributed by atoms with Gasteiger partial charge in [-0.25, -0.2) is 0 Å². The van der Waals surface area contributed by atoms with Gasteiger partial charge < -0.3 is 9.80 Å². The first-order valence-corrected chi connectivity index (χ1v) is 10.4. The van der Waals surface area contributed by atoms with Crippen molar-refractivity contribution in [2.24, 2.45) is 5.92 Å². The van der Waals surface area contributed by atoms with Crippen molar-refractivity contribution in [3.8, 4) is 0 Å². The summed E-state index contributed by atoms with van der Waals surface area (Å²) in [6, 6.07) is 0. The normalized spacial score (nSPS) is 22.8. The zero-order chi connectivity index (χ0) is 17.9. The third kappa shape index (κ3) is 3.51. The van der Waals surface area contributed by atoms with E-state index in [9.17, 15) is 9.59 Å². The molecule has 1 aromatic rings. The van der Waals surface area contributed by atoms with E-state index in [0.29, 0.717) is 24.9 Å². The number of amides is 2. The van der Waals surface area contributed by atoms with Crippen LogP contribution in [0.4, 0.5) is 0 Å². The quantitative estimate of drug-likeness (QED) is 0.903. The topological polar surface area (TPSA) is 69.3 Å². The average Bonchev–Trinajstić information content (AvgIpc) is 2.98. The molecule has 2 aliphatic carbocycles. The Labute approximate surface area is 155 Å². The Bertz CT molecular complexity index is 646. The van der Waals surface area contributed by atoms with Gasteiger partial charge in [0.15, 0.2) is 0 Å². The SMILES string of the molecule is O=C(c1cn[nH]c1C1CCCCC1)N1CCCN(C(=O)C2CCC2)CC1. The lowest BCUT2D eigenvalue weighted by Gasteiger charge is -2.31. The van der Waals surface area contributed by atoms with E-state index in [4.69, 9.17) is 0 Å². The Morgan fingerprint density at radius 1 is 0.885 bits per heavy atom. The second-order valence-electron chi connectivity index (χ2n) is 8.13. The second kappa shape index (κ2) is 7.80. The van der Waals surface area contributed by atoms with Crippen LogP contribution in [-0.2, 0) is 4.79 Å². The van der Waals surface area contributed by atoms with Gasteiger partial charge in [-0.2, -0.15) is 5.10 Å². The molecule has 0 radical (unpaired) electrons. The molecule has 0 bridgehead atoms. The minimum atomic E-state index is 0.0808. The number of carbonyl (C=O) groups excluding carboxylic acids is 2. The van der Waals surface area contributed by atoms with Crippen molar-refractivity contribution in [3.63, 3.8) is 0 Å². The molecule has 3 fully saturated rings. The summed E-state index contributed by atoms with van der Waals surface area (Å²) in [5.74, 6) is 1.06. The van der Waals surface area contributed by atoms with Crippen LogP contribution < -0.4 is 0 Å². The van der Waals surface area contributed by atoms with Crippen molar-refractivity contribution in [1.29, 1.82) is 0 Å². The number of H-pyrrole nitrogens is 1. The molecule has 1 aromatic heterocycles. The molecule has 4 rings (SSSR count). The predicted octanol–water partition coefficient (Wildman–Crippen LogP) is 2.93. The number of hydrogen-bond acceptors (Lipinski definition) is 3. The number of aromatic amines is 1. The van der Waals surface area contributed by atoms with E-state index in [1.54, 1.807) is 6.20 Å². The van der Waals surface area contributed by atoms with Gasteiger partial charge in [-0.1, -0.05) is 25.7 Å². The molecule has 26 heavy (non-hydrogen) atoms. The van der Waals surface area contributed by atoms with Crippen LogP contribution in [-0.4, -0.2) is 58.0 Å². The molecule has 0 atom stereocenters. The van der Waals surface area contributed by atoms with Crippen LogP contribution in [0.1, 0.15) is 79.8 Å². The number of carbonyl (C=O) groups is 2. The van der Waals surface area contributed by atoms with Crippen LogP contribution in [0, 0.1) is 5.92 Å². The van der Waals surface area contributed by atoms with E-state index in [-0.39, 0.29) is 11.8 Å². The highest BCUT2D eigenvalue weighted by Crippen LogP contribution is 2.33. The Morgan fingerprint density at radius 2 is 1.62 bits per heavy atom. The molecule has 1 aliphatic heterocycles. The van der Waals surface area contributed by atoms with Crippen LogP contribution in [0.25, 0.3) is 0 Å². The first kappa shape index (κ1) is 17.6. The number of nitrogens with one attached hydrogen (secondary N) is 1. The van der Waals surface area contributed by atoms with Crippen LogP contribution in [0.3, 0.4) is 0 Å². The first-order valence-electron chi connectivity index (χ1n) is 10.4. The van der Waals surface area contributed by atoms with E-state index in [1.165, 1.54) is 25.7 Å². The highest BCUT2D eigenvalue weighted by atomic mass is 16.2. The highest BCUT2D eigenvalue weighted by Gasteiger charge is 2.32. The molecule has 0 aromatic carbocycles. The van der Waals surface area contributed by atoms with Crippen molar-refractivity contribution in [2.45, 2.75) is 63.7 Å². The van der Waals surface area contributed by atoms with Crippen molar-refractivity contribution in [3.05, 3.63) is 17.5 Å². The highest BCUT2D eigenvalue weighted by molar-refractivity contribution is 5.95. The van der Waals surface area contributed by atoms with Crippen LogP contribution in [0.15, 0.2) is 6.20 Å². The van der Waals surface area contributed by atoms with E-state index in [2.05, 4.69) is 10.2 Å². The van der Waals surface area contributed by atoms with Gasteiger partial charge in [0.2, 0.25) is 5.91 Å². The molecule has 2 amide bonds. The van der Waals surface area contributed by atoms with E-state index in [1.807, 2.05) is 9.80 Å². The monoisotopic (exact) mass is 358 g/mol. The summed E-state index contributed by atoms with van der Waals surface area (Å²) in [5, 5.41) is 7.29. The van der Waals surface area contributed by atoms with Gasteiger partial charge in [0, 0.05) is 38.0 Å². The van der Waals surface area contributed by atoms with Gasteiger partial charge in [0.05, 0.1) is 17.5 Å². The Kier molecular flexibility index (Phi) is 5.27. The first-order chi connectivity index (χ1) is 12.7. The number of hydrogen-bond donors (Lipinski definition) is 1. The average molecular weight is 358 g/mol. The fraction of sp³-hybridized carbons (Fsp3) is 0.750. The third-order valence-electron chi connectivity index (χ3n) is 6.46. The maximum atomic E-state index is 13.1. The molecular weight excluding hydrogens is 328 g/mol. The smallest absolute Gasteiger partial charge is 0.257 e. The summed E-state index contributed by atoms with van der Waals surface area (Å²) in [6.07, 6.45) is 11.9. The second-order valence-corrected chi connectivity index (χ2v) is 8.13. The summed E-state index contributed by atoms with van der Waals surface area (Å²) in [5.41, 5.74) is 1.78. The van der Waals surface area contributed by atoms with Gasteiger partial charge in [0.25, 0.3) is 5.91 Å². The maximum Gasteiger partial charge on any atom is 0.257 e. The van der Waals surface area contributed by atoms with Crippen LogP contribution >= 0.6 is 0 Å². The van der Waals surface area contributed by atoms with Gasteiger partial charge in [-0.3, -0.25) is 14.7 Å². The minimum absolute atomic E-state index is 0.0808. The van der Waals surface area contributed by atoms with E-state index < -0.39 is 0 Å². The predicted molar refractivity (Wildman–Crippen MR) is 98.9 cm³/mol. The fourth-order valence-electron chi connectivity index (χ4n) is 4.59. The zero-order valence-electron chi connectivity index (χ0n) is 15.6. The van der Waals surface area contributed by atoms with E-state index in [0.717, 1.165) is 56.5 Å². The molecule has 6 heteroatoms. The third-order valence-corrected chi connectivity index (χ3v) is 6.46. The van der Waals surface area contributed by atoms with Crippen LogP contribution in [0.2, 0.25) is 0 Å². The summed E-state index contributed by atoms with van der Waals surface area (Å²) in [7, 11) is 0. The van der Waals surface area contributed by atoms with Crippen LogP contribution in [0.5, 0.6) is 0 Å². The van der Waals surface area contributed by atoms with Crippen molar-refractivity contribution >= 4 is 11.8 Å². The Balaban J connectivity index is 1.41. The lowest BCUT2D eigenvalue weighted by Crippen LogP contribution is -2.41. The Morgan fingerprint density at radius 3 is 2.35 bits per heavy atom. The summed E-state index contributed by atoms with van der Waals surface area (Å²) < 4.78 is 0. The molecular formula is C20H30N4O2. The molecule has 6 nitrogen and oxygen atoms in total. The molecule has 2 heterocycles. The largest absolute Gasteiger partial charge is 0.341 e. The number of nitrogens with zero attached hydrogens (tertiary/aromatic N) is 3. The lowest BCUT2D eigenvalue weighted by atomic mass is 9.84. The number of rotatable bonds is 3. The zero-order valence-corrected chi connectivity index (χ0v) is 15.6. The minimum Gasteiger partial charge on any atom is -0.341 e. The molecule has 2 saturated carbocycles. The molecule has 1 N–H and O–H groups in total. The van der Waals surface area contributed by atoms with Gasteiger partial charge in [0.1, 0.15) is 0 Å². The van der Waals surface area contributed by atoms with Crippen molar-refractivity contribution in [1.82, 2.24) is 20.0 Å². The standard InChI is InChI=1S/C20H30N4O2/c25-19(16-8-4-9-16)23-10-5-11-24(13-12-23)20(26)17-14-21-22-18(17)15-6-2-1-3-7-15/h14-16H,1-13H2,(H,21,22). The van der Waals surface area contributed by atoms with E-state index >= 15 is 0 Å². The van der Waals surface area contributed by atoms with Gasteiger partial charge in [-0.05, 0) is 32.1 Å². The van der Waals surface area contributed by atoms with Gasteiger partial charge >= 0.3 is 0 Å². The maximum absolute atomic E-state index is 13.1.